The lowest BCUT2D eigenvalue weighted by Crippen LogP contribution is -2.48. The normalized spacial score (nSPS) is 19.8. The van der Waals surface area contributed by atoms with Crippen molar-refractivity contribution in [2.75, 3.05) is 0 Å². The molecule has 156 valence electrons. The van der Waals surface area contributed by atoms with Gasteiger partial charge in [-0.05, 0) is 29.5 Å². The quantitative estimate of drug-likeness (QED) is 0.745. The first kappa shape index (κ1) is 20.3. The van der Waals surface area contributed by atoms with Gasteiger partial charge in [0.15, 0.2) is 0 Å². The second-order valence-corrected chi connectivity index (χ2v) is 7.85. The van der Waals surface area contributed by atoms with Crippen molar-refractivity contribution in [1.82, 2.24) is 14.8 Å². The summed E-state index contributed by atoms with van der Waals surface area (Å²) in [5.41, 5.74) is 4.37. The van der Waals surface area contributed by atoms with Crippen LogP contribution in [0.2, 0.25) is 0 Å². The van der Waals surface area contributed by atoms with Gasteiger partial charge in [-0.1, -0.05) is 50.9 Å². The molecular formula is C23H28BN3O3. The smallest absolute Gasteiger partial charge is 0.324 e. The molecule has 2 aromatic rings. The minimum absolute atomic E-state index is 0.0309. The van der Waals surface area contributed by atoms with E-state index < -0.39 is 5.97 Å². The number of amides is 2. The predicted octanol–water partition coefficient (Wildman–Crippen LogP) is 3.69. The Kier molecular flexibility index (Phi) is 5.45. The SMILES string of the molecule is CC.CCCC(CC(=O)O)N1C(=O)N2Cc3c[nH]c4cccc(c34)B3C=CC=C1C32. The van der Waals surface area contributed by atoms with Gasteiger partial charge in [-0.2, -0.15) is 0 Å². The average molecular weight is 405 g/mol. The molecule has 0 spiro atoms. The third-order valence-corrected chi connectivity index (χ3v) is 6.21. The fourth-order valence-electron chi connectivity index (χ4n) is 5.14. The van der Waals surface area contributed by atoms with Crippen molar-refractivity contribution in [2.45, 2.75) is 58.6 Å². The van der Waals surface area contributed by atoms with Crippen molar-refractivity contribution in [3.05, 3.63) is 53.8 Å². The highest BCUT2D eigenvalue weighted by atomic mass is 16.4. The topological polar surface area (TPSA) is 76.6 Å². The number of nitrogens with zero attached hydrogens (tertiary/aromatic N) is 2. The molecule has 2 unspecified atom stereocenters. The molecule has 1 aromatic carbocycles. The number of urea groups is 1. The van der Waals surface area contributed by atoms with Crippen LogP contribution in [0.1, 0.15) is 45.6 Å². The lowest BCUT2D eigenvalue weighted by atomic mass is 9.37. The summed E-state index contributed by atoms with van der Waals surface area (Å²) in [4.78, 5) is 32.0. The molecule has 1 aromatic heterocycles. The van der Waals surface area contributed by atoms with Crippen LogP contribution in [0.3, 0.4) is 0 Å². The number of carboxylic acids is 1. The Bertz CT molecular complexity index is 1040. The maximum Gasteiger partial charge on any atom is 0.324 e. The number of H-pyrrole nitrogens is 1. The number of carbonyl (C=O) groups is 2. The molecular weight excluding hydrogens is 377 g/mol. The molecule has 4 heterocycles. The number of rotatable bonds is 5. The molecule has 7 heteroatoms. The maximum absolute atomic E-state index is 13.5. The van der Waals surface area contributed by atoms with Gasteiger partial charge >= 0.3 is 12.0 Å². The van der Waals surface area contributed by atoms with Gasteiger partial charge in [-0.3, -0.25) is 9.69 Å². The van der Waals surface area contributed by atoms with Crippen LogP contribution in [0.5, 0.6) is 0 Å². The van der Waals surface area contributed by atoms with Crippen LogP contribution in [0.4, 0.5) is 4.79 Å². The third-order valence-electron chi connectivity index (χ3n) is 6.21. The van der Waals surface area contributed by atoms with Gasteiger partial charge < -0.3 is 15.0 Å². The number of fused-ring (bicyclic) bond motifs is 1. The largest absolute Gasteiger partial charge is 0.481 e. The predicted molar refractivity (Wildman–Crippen MR) is 120 cm³/mol. The number of aliphatic carboxylic acids is 1. The van der Waals surface area contributed by atoms with Crippen LogP contribution in [-0.4, -0.2) is 50.6 Å². The van der Waals surface area contributed by atoms with Gasteiger partial charge in [-0.25, -0.2) is 4.79 Å². The van der Waals surface area contributed by atoms with Gasteiger partial charge in [0.05, 0.1) is 12.4 Å². The first-order valence-electron chi connectivity index (χ1n) is 10.9. The van der Waals surface area contributed by atoms with Gasteiger partial charge in [0.25, 0.3) is 0 Å². The minimum Gasteiger partial charge on any atom is -0.481 e. The van der Waals surface area contributed by atoms with Gasteiger partial charge in [0.1, 0.15) is 0 Å². The van der Waals surface area contributed by atoms with Crippen LogP contribution < -0.4 is 5.46 Å². The summed E-state index contributed by atoms with van der Waals surface area (Å²) >= 11 is 0. The van der Waals surface area contributed by atoms with E-state index >= 15 is 0 Å². The summed E-state index contributed by atoms with van der Waals surface area (Å²) in [6.07, 6.45) is 7.48. The highest BCUT2D eigenvalue weighted by Crippen LogP contribution is 2.38. The zero-order valence-corrected chi connectivity index (χ0v) is 17.8. The third kappa shape index (κ3) is 3.04. The zero-order valence-electron chi connectivity index (χ0n) is 17.8. The first-order chi connectivity index (χ1) is 14.6. The molecule has 2 N–H and O–H groups in total. The maximum atomic E-state index is 13.5. The fraction of sp³-hybridized carbons (Fsp3) is 0.391. The molecule has 2 amide bonds. The van der Waals surface area contributed by atoms with E-state index in [1.54, 1.807) is 4.90 Å². The fourth-order valence-corrected chi connectivity index (χ4v) is 5.14. The highest BCUT2D eigenvalue weighted by molar-refractivity contribution is 6.82. The van der Waals surface area contributed by atoms with Crippen molar-refractivity contribution >= 4 is 35.1 Å². The summed E-state index contributed by atoms with van der Waals surface area (Å²) in [6.45, 7) is 6.63. The van der Waals surface area contributed by atoms with Crippen LogP contribution in [0.25, 0.3) is 10.9 Å². The lowest BCUT2D eigenvalue weighted by Gasteiger charge is -2.29. The van der Waals surface area contributed by atoms with Crippen LogP contribution >= 0.6 is 0 Å². The number of aromatic nitrogens is 1. The standard InChI is InChI=1S/C21H22BN3O3.C2H6/c1-2-5-14(10-18(26)27)25-17-8-4-9-22-15-6-3-7-16-19(15)13(11-23-16)12-24(20(17)22)21(25)28;1-2/h3-4,6-9,11,14,20,23H,2,5,10,12H2,1H3,(H,26,27);1-2H3. The molecule has 6 nitrogen and oxygen atoms in total. The Balaban J connectivity index is 0.00000106. The molecule has 2 atom stereocenters. The highest BCUT2D eigenvalue weighted by Gasteiger charge is 2.51. The molecule has 0 bridgehead atoms. The van der Waals surface area contributed by atoms with Crippen molar-refractivity contribution in [1.29, 1.82) is 0 Å². The number of hydrogen-bond donors (Lipinski definition) is 2. The lowest BCUT2D eigenvalue weighted by molar-refractivity contribution is -0.138. The van der Waals surface area contributed by atoms with E-state index in [1.807, 2.05) is 44.0 Å². The first-order valence-corrected chi connectivity index (χ1v) is 10.9. The Labute approximate surface area is 177 Å². The Morgan fingerprint density at radius 1 is 1.37 bits per heavy atom. The van der Waals surface area contributed by atoms with Crippen molar-refractivity contribution in [3.63, 3.8) is 0 Å². The number of nitrogens with one attached hydrogen (secondary N) is 1. The van der Waals surface area contributed by atoms with Gasteiger partial charge in [0, 0.05) is 30.0 Å². The molecule has 0 aliphatic carbocycles. The van der Waals surface area contributed by atoms with E-state index in [-0.39, 0.29) is 31.1 Å². The van der Waals surface area contributed by atoms with E-state index in [1.165, 1.54) is 10.8 Å². The number of hydrogen-bond acceptors (Lipinski definition) is 2. The summed E-state index contributed by atoms with van der Waals surface area (Å²) in [7, 11) is 0. The van der Waals surface area contributed by atoms with Crippen LogP contribution in [0.15, 0.2) is 48.2 Å². The summed E-state index contributed by atoms with van der Waals surface area (Å²) in [6, 6.07) is 5.88. The Hall–Kier alpha value is -2.96. The van der Waals surface area contributed by atoms with Crippen molar-refractivity contribution in [2.24, 2.45) is 0 Å². The van der Waals surface area contributed by atoms with Crippen molar-refractivity contribution in [3.8, 4) is 0 Å². The van der Waals surface area contributed by atoms with E-state index in [0.29, 0.717) is 13.0 Å². The number of carbonyl (C=O) groups excluding carboxylic acids is 1. The Morgan fingerprint density at radius 2 is 2.17 bits per heavy atom. The van der Waals surface area contributed by atoms with Crippen LogP contribution in [0, 0.1) is 0 Å². The number of aromatic amines is 1. The second kappa shape index (κ2) is 8.05. The number of carboxylic acid groups (broad SMARTS) is 1. The molecule has 0 saturated carbocycles. The average Bonchev–Trinajstić information content (AvgIpc) is 3.23. The van der Waals surface area contributed by atoms with E-state index in [9.17, 15) is 14.7 Å². The van der Waals surface area contributed by atoms with Crippen LogP contribution in [-0.2, 0) is 11.3 Å². The van der Waals surface area contributed by atoms with Gasteiger partial charge in [0.2, 0.25) is 6.71 Å². The summed E-state index contributed by atoms with van der Waals surface area (Å²) in [5, 5.41) is 10.6. The molecule has 3 aliphatic heterocycles. The van der Waals surface area contributed by atoms with E-state index in [0.717, 1.165) is 23.2 Å². The monoisotopic (exact) mass is 405 g/mol. The van der Waals surface area contributed by atoms with Crippen molar-refractivity contribution < 1.29 is 14.7 Å². The second-order valence-electron chi connectivity index (χ2n) is 7.85. The number of benzene rings is 1. The molecule has 3 aliphatic rings. The molecule has 0 radical (unpaired) electrons. The minimum atomic E-state index is -0.866. The molecule has 1 fully saturated rings. The Morgan fingerprint density at radius 3 is 2.90 bits per heavy atom. The van der Waals surface area contributed by atoms with E-state index in [2.05, 4.69) is 29.2 Å². The summed E-state index contributed by atoms with van der Waals surface area (Å²) < 4.78 is 0. The van der Waals surface area contributed by atoms with E-state index in [4.69, 9.17) is 0 Å². The zero-order chi connectivity index (χ0) is 21.4. The summed E-state index contributed by atoms with van der Waals surface area (Å²) in [5.74, 6) is 1.22. The number of allylic oxidation sites excluding steroid dienone is 2. The molecule has 1 saturated heterocycles. The molecule has 30 heavy (non-hydrogen) atoms. The molecule has 5 rings (SSSR count). The van der Waals surface area contributed by atoms with Gasteiger partial charge in [-0.15, -0.1) is 5.98 Å².